The zero-order chi connectivity index (χ0) is 15.1. The first-order chi connectivity index (χ1) is 9.51. The second kappa shape index (κ2) is 8.04. The maximum Gasteiger partial charge on any atom is 0.179 e. The highest BCUT2D eigenvalue weighted by molar-refractivity contribution is 8.03. The van der Waals surface area contributed by atoms with Crippen molar-refractivity contribution in [1.82, 2.24) is 0 Å². The molecule has 0 saturated heterocycles. The second-order valence-electron chi connectivity index (χ2n) is 3.95. The lowest BCUT2D eigenvalue weighted by Crippen LogP contribution is -1.87. The summed E-state index contributed by atoms with van der Waals surface area (Å²) in [5, 5.41) is 18.9. The number of allylic oxidation sites excluding steroid dienone is 4. The summed E-state index contributed by atoms with van der Waals surface area (Å²) >= 11 is 7.45. The zero-order valence-corrected chi connectivity index (χ0v) is 13.0. The second-order valence-corrected chi connectivity index (χ2v) is 5.53. The molecule has 0 unspecified atom stereocenters. The summed E-state index contributed by atoms with van der Waals surface area (Å²) in [6.45, 7) is 7.85. The number of phenols is 1. The molecule has 0 aliphatic rings. The Bertz CT molecular complexity index is 550. The van der Waals surface area contributed by atoms with E-state index < -0.39 is 0 Å². The molecule has 1 aromatic rings. The predicted octanol–water partition coefficient (Wildman–Crippen LogP) is 5.33. The fourth-order valence-corrected chi connectivity index (χ4v) is 2.85. The van der Waals surface area contributed by atoms with E-state index in [1.54, 1.807) is 6.08 Å². The lowest BCUT2D eigenvalue weighted by Gasteiger charge is -2.08. The highest BCUT2D eigenvalue weighted by atomic mass is 35.5. The fourth-order valence-electron chi connectivity index (χ4n) is 1.57. The third-order valence-electron chi connectivity index (χ3n) is 2.59. The van der Waals surface area contributed by atoms with Crippen LogP contribution >= 0.6 is 23.4 Å². The number of hydrogen-bond acceptors (Lipinski definition) is 4. The molecule has 2 N–H and O–H groups in total. The molecular weight excluding hydrogens is 296 g/mol. The number of rotatable bonds is 6. The molecule has 1 rings (SSSR count). The largest absolute Gasteiger partial charge is 0.508 e. The lowest BCUT2D eigenvalue weighted by molar-refractivity contribution is -0.140. The van der Waals surface area contributed by atoms with Gasteiger partial charge in [-0.3, -0.25) is 0 Å². The van der Waals surface area contributed by atoms with Crippen LogP contribution in [0.1, 0.15) is 20.3 Å². The molecule has 0 aromatic heterocycles. The van der Waals surface area contributed by atoms with Crippen LogP contribution in [0.15, 0.2) is 57.3 Å². The highest BCUT2D eigenvalue weighted by Crippen LogP contribution is 2.37. The Morgan fingerprint density at radius 2 is 2.20 bits per heavy atom. The van der Waals surface area contributed by atoms with Crippen LogP contribution < -0.4 is 4.89 Å². The van der Waals surface area contributed by atoms with Gasteiger partial charge in [-0.05, 0) is 43.2 Å². The van der Waals surface area contributed by atoms with E-state index in [1.165, 1.54) is 30.0 Å². The average Bonchev–Trinajstić information content (AvgIpc) is 2.40. The molecule has 0 bridgehead atoms. The van der Waals surface area contributed by atoms with E-state index in [-0.39, 0.29) is 11.5 Å². The van der Waals surface area contributed by atoms with E-state index in [4.69, 9.17) is 16.9 Å². The Kier molecular flexibility index (Phi) is 6.71. The quantitative estimate of drug-likeness (QED) is 0.323. The van der Waals surface area contributed by atoms with Gasteiger partial charge in [-0.25, -0.2) is 5.26 Å². The number of phenolic OH excluding ortho intramolecular Hbond substituents is 1. The first kappa shape index (κ1) is 16.7. The monoisotopic (exact) mass is 312 g/mol. The summed E-state index contributed by atoms with van der Waals surface area (Å²) in [5.41, 5.74) is 1.03. The van der Waals surface area contributed by atoms with Gasteiger partial charge in [-0.1, -0.05) is 42.9 Å². The van der Waals surface area contributed by atoms with E-state index >= 15 is 0 Å². The molecule has 1 aromatic carbocycles. The molecule has 0 atom stereocenters. The van der Waals surface area contributed by atoms with Crippen LogP contribution in [0.5, 0.6) is 11.5 Å². The van der Waals surface area contributed by atoms with Crippen molar-refractivity contribution in [2.24, 2.45) is 0 Å². The van der Waals surface area contributed by atoms with Gasteiger partial charge in [0, 0.05) is 9.94 Å². The molecule has 0 saturated carbocycles. The molecule has 5 heteroatoms. The van der Waals surface area contributed by atoms with Gasteiger partial charge in [0.1, 0.15) is 5.75 Å². The zero-order valence-electron chi connectivity index (χ0n) is 11.4. The number of hydrogen-bond donors (Lipinski definition) is 2. The third-order valence-corrected chi connectivity index (χ3v) is 3.86. The van der Waals surface area contributed by atoms with Gasteiger partial charge >= 0.3 is 0 Å². The van der Waals surface area contributed by atoms with E-state index in [2.05, 4.69) is 11.5 Å². The number of aromatic hydroxyl groups is 1. The van der Waals surface area contributed by atoms with Crippen molar-refractivity contribution >= 4 is 23.4 Å². The van der Waals surface area contributed by atoms with Crippen molar-refractivity contribution in [1.29, 1.82) is 0 Å². The molecule has 0 fully saturated rings. The molecule has 0 heterocycles. The molecule has 0 aliphatic carbocycles. The Morgan fingerprint density at radius 1 is 1.50 bits per heavy atom. The van der Waals surface area contributed by atoms with E-state index in [9.17, 15) is 5.11 Å². The maximum atomic E-state index is 9.46. The fraction of sp³-hybridized carbons (Fsp3) is 0.200. The molecule has 0 radical (unpaired) electrons. The summed E-state index contributed by atoms with van der Waals surface area (Å²) in [5.74, 6) is 0.332. The SMILES string of the molecule is C=C(/C=C(Cl)\C(=C/C)CC)Sc1cc(O)ccc1OO. The van der Waals surface area contributed by atoms with Crippen molar-refractivity contribution in [2.45, 2.75) is 25.2 Å². The standard InChI is InChI=1S/C15H17ClO3S/c1-4-11(5-2)13(16)8-10(3)20-15-9-12(17)6-7-14(15)19-18/h4,6-9,17-18H,3,5H2,1-2H3/b11-4-,13-8+. The summed E-state index contributed by atoms with van der Waals surface area (Å²) in [7, 11) is 0. The van der Waals surface area contributed by atoms with E-state index in [0.29, 0.717) is 14.8 Å². The molecule has 108 valence electrons. The predicted molar refractivity (Wildman–Crippen MR) is 84.3 cm³/mol. The number of benzene rings is 1. The van der Waals surface area contributed by atoms with Gasteiger partial charge in [0.25, 0.3) is 0 Å². The minimum absolute atomic E-state index is 0.0823. The Labute approximate surface area is 128 Å². The molecule has 3 nitrogen and oxygen atoms in total. The van der Waals surface area contributed by atoms with Crippen molar-refractivity contribution < 1.29 is 15.3 Å². The normalized spacial score (nSPS) is 12.4. The van der Waals surface area contributed by atoms with Crippen LogP contribution in [-0.4, -0.2) is 10.4 Å². The summed E-state index contributed by atoms with van der Waals surface area (Å²) in [4.78, 5) is 5.48. The molecule has 0 amide bonds. The van der Waals surface area contributed by atoms with Gasteiger partial charge in [-0.2, -0.15) is 0 Å². The Hall–Kier alpha value is -1.36. The number of thioether (sulfide) groups is 1. The highest BCUT2D eigenvalue weighted by Gasteiger charge is 2.08. The average molecular weight is 313 g/mol. The van der Waals surface area contributed by atoms with Gasteiger partial charge in [-0.15, -0.1) is 0 Å². The third kappa shape index (κ3) is 4.63. The van der Waals surface area contributed by atoms with Crippen LogP contribution in [0.3, 0.4) is 0 Å². The molecule has 0 aliphatic heterocycles. The number of halogens is 1. The molecule has 0 spiro atoms. The van der Waals surface area contributed by atoms with E-state index in [0.717, 1.165) is 12.0 Å². The van der Waals surface area contributed by atoms with E-state index in [1.807, 2.05) is 19.9 Å². The first-order valence-electron chi connectivity index (χ1n) is 6.05. The van der Waals surface area contributed by atoms with Crippen LogP contribution in [0.25, 0.3) is 0 Å². The maximum absolute atomic E-state index is 9.46. The van der Waals surface area contributed by atoms with Gasteiger partial charge < -0.3 is 9.99 Å². The Balaban J connectivity index is 2.91. The minimum atomic E-state index is 0.0823. The van der Waals surface area contributed by atoms with Crippen molar-refractivity contribution in [3.8, 4) is 11.5 Å². The smallest absolute Gasteiger partial charge is 0.179 e. The minimum Gasteiger partial charge on any atom is -0.508 e. The van der Waals surface area contributed by atoms with Crippen molar-refractivity contribution in [3.63, 3.8) is 0 Å². The summed E-state index contributed by atoms with van der Waals surface area (Å²) < 4.78 is 0. The van der Waals surface area contributed by atoms with Gasteiger partial charge in [0.2, 0.25) is 0 Å². The van der Waals surface area contributed by atoms with Gasteiger partial charge in [0.15, 0.2) is 5.75 Å². The Morgan fingerprint density at radius 3 is 2.75 bits per heavy atom. The van der Waals surface area contributed by atoms with Crippen LogP contribution in [0.2, 0.25) is 0 Å². The topological polar surface area (TPSA) is 49.7 Å². The van der Waals surface area contributed by atoms with Crippen molar-refractivity contribution in [3.05, 3.63) is 52.4 Å². The molecule has 20 heavy (non-hydrogen) atoms. The van der Waals surface area contributed by atoms with Crippen LogP contribution in [0, 0.1) is 0 Å². The lowest BCUT2D eigenvalue weighted by atomic mass is 10.2. The first-order valence-corrected chi connectivity index (χ1v) is 7.25. The van der Waals surface area contributed by atoms with Crippen molar-refractivity contribution in [2.75, 3.05) is 0 Å². The summed E-state index contributed by atoms with van der Waals surface area (Å²) in [6, 6.07) is 4.38. The van der Waals surface area contributed by atoms with Gasteiger partial charge in [0.05, 0.1) is 4.90 Å². The van der Waals surface area contributed by atoms with Crippen LogP contribution in [0.4, 0.5) is 0 Å². The summed E-state index contributed by atoms with van der Waals surface area (Å²) in [6.07, 6.45) is 4.53. The molecular formula is C15H17ClO3S. The van der Waals surface area contributed by atoms with Crippen LogP contribution in [-0.2, 0) is 0 Å².